The first-order valence-corrected chi connectivity index (χ1v) is 3.50. The molecule has 0 saturated carbocycles. The quantitative estimate of drug-likeness (QED) is 0.439. The van der Waals surface area contributed by atoms with E-state index < -0.39 is 11.9 Å². The highest BCUT2D eigenvalue weighted by molar-refractivity contribution is 5.72. The third kappa shape index (κ3) is 0.948. The van der Waals surface area contributed by atoms with Crippen molar-refractivity contribution in [3.05, 3.63) is 12.2 Å². The summed E-state index contributed by atoms with van der Waals surface area (Å²) in [6.45, 7) is 0. The minimum absolute atomic E-state index is 0.289. The highest BCUT2D eigenvalue weighted by Gasteiger charge is 2.44. The van der Waals surface area contributed by atoms with Crippen LogP contribution >= 0.6 is 0 Å². The van der Waals surface area contributed by atoms with Gasteiger partial charge in [-0.3, -0.25) is 4.79 Å². The summed E-state index contributed by atoms with van der Waals surface area (Å²) < 4.78 is 0. The van der Waals surface area contributed by atoms with Crippen LogP contribution in [0.3, 0.4) is 0 Å². The normalized spacial score (nSPS) is 40.9. The van der Waals surface area contributed by atoms with Crippen LogP contribution in [-0.2, 0) is 14.6 Å². The van der Waals surface area contributed by atoms with Gasteiger partial charge in [0, 0.05) is 0 Å². The maximum atomic E-state index is 10.6. The molecule has 4 nitrogen and oxygen atoms in total. The van der Waals surface area contributed by atoms with Crippen LogP contribution in [-0.4, -0.2) is 23.3 Å². The van der Waals surface area contributed by atoms with Crippen molar-refractivity contribution >= 4 is 5.97 Å². The first kappa shape index (κ1) is 6.82. The summed E-state index contributed by atoms with van der Waals surface area (Å²) in [7, 11) is 0. The Bertz CT molecular complexity index is 210. The maximum absolute atomic E-state index is 10.6. The molecule has 4 heteroatoms. The van der Waals surface area contributed by atoms with E-state index in [0.717, 1.165) is 0 Å². The van der Waals surface area contributed by atoms with Crippen molar-refractivity contribution in [2.75, 3.05) is 0 Å². The minimum Gasteiger partial charge on any atom is -0.481 e. The molecule has 2 bridgehead atoms. The van der Waals surface area contributed by atoms with Crippen molar-refractivity contribution in [2.24, 2.45) is 5.92 Å². The number of hydrogen-bond acceptors (Lipinski definition) is 3. The molecule has 1 aliphatic heterocycles. The van der Waals surface area contributed by atoms with Crippen molar-refractivity contribution < 1.29 is 19.7 Å². The van der Waals surface area contributed by atoms with Crippen LogP contribution in [0, 0.1) is 5.92 Å². The summed E-state index contributed by atoms with van der Waals surface area (Å²) in [5, 5.41) is 8.73. The topological polar surface area (TPSA) is 55.8 Å². The second-order valence-electron chi connectivity index (χ2n) is 2.72. The summed E-state index contributed by atoms with van der Waals surface area (Å²) in [6, 6.07) is 0. The fraction of sp³-hybridized carbons (Fsp3) is 0.571. The lowest BCUT2D eigenvalue weighted by atomic mass is 9.90. The molecule has 3 atom stereocenters. The molecule has 0 aromatic rings. The molecule has 1 saturated heterocycles. The molecule has 2 rings (SSSR count). The van der Waals surface area contributed by atoms with Gasteiger partial charge in [-0.2, -0.15) is 0 Å². The van der Waals surface area contributed by atoms with Crippen LogP contribution in [0.2, 0.25) is 0 Å². The van der Waals surface area contributed by atoms with E-state index in [0.29, 0.717) is 6.42 Å². The predicted octanol–water partition coefficient (Wildman–Crippen LogP) is 0.346. The average molecular weight is 156 g/mol. The van der Waals surface area contributed by atoms with Crippen LogP contribution in [0.5, 0.6) is 0 Å². The van der Waals surface area contributed by atoms with Gasteiger partial charge in [0.05, 0.1) is 0 Å². The van der Waals surface area contributed by atoms with E-state index in [9.17, 15) is 4.79 Å². The van der Waals surface area contributed by atoms with Crippen LogP contribution in [0.15, 0.2) is 12.2 Å². The van der Waals surface area contributed by atoms with Gasteiger partial charge < -0.3 is 5.11 Å². The van der Waals surface area contributed by atoms with Gasteiger partial charge in [-0.05, 0) is 6.42 Å². The van der Waals surface area contributed by atoms with Crippen molar-refractivity contribution in [1.82, 2.24) is 0 Å². The molecule has 2 aliphatic rings. The molecule has 0 aromatic heterocycles. The fourth-order valence-electron chi connectivity index (χ4n) is 1.45. The molecule has 3 unspecified atom stereocenters. The van der Waals surface area contributed by atoms with E-state index in [1.165, 1.54) is 0 Å². The first-order chi connectivity index (χ1) is 5.29. The molecule has 0 radical (unpaired) electrons. The van der Waals surface area contributed by atoms with Gasteiger partial charge in [-0.1, -0.05) is 12.2 Å². The summed E-state index contributed by atoms with van der Waals surface area (Å²) in [5.74, 6) is -1.36. The van der Waals surface area contributed by atoms with Gasteiger partial charge in [0.25, 0.3) is 0 Å². The van der Waals surface area contributed by atoms with Crippen molar-refractivity contribution in [2.45, 2.75) is 18.6 Å². The average Bonchev–Trinajstić information content (AvgIpc) is 2.23. The van der Waals surface area contributed by atoms with E-state index in [1.807, 2.05) is 6.08 Å². The van der Waals surface area contributed by atoms with Crippen molar-refractivity contribution in [1.29, 1.82) is 0 Å². The number of rotatable bonds is 1. The zero-order chi connectivity index (χ0) is 7.84. The van der Waals surface area contributed by atoms with Crippen molar-refractivity contribution in [3.8, 4) is 0 Å². The van der Waals surface area contributed by atoms with Crippen LogP contribution in [0.1, 0.15) is 6.42 Å². The van der Waals surface area contributed by atoms with E-state index in [-0.39, 0.29) is 12.2 Å². The molecule has 60 valence electrons. The third-order valence-corrected chi connectivity index (χ3v) is 2.02. The van der Waals surface area contributed by atoms with E-state index in [1.54, 1.807) is 6.08 Å². The lowest BCUT2D eigenvalue weighted by Crippen LogP contribution is -2.32. The Balaban J connectivity index is 2.23. The first-order valence-electron chi connectivity index (χ1n) is 3.50. The molecule has 11 heavy (non-hydrogen) atoms. The maximum Gasteiger partial charge on any atom is 0.312 e. The smallest absolute Gasteiger partial charge is 0.312 e. The second-order valence-corrected chi connectivity index (χ2v) is 2.72. The number of hydrogen-bond donors (Lipinski definition) is 1. The van der Waals surface area contributed by atoms with Crippen molar-refractivity contribution in [3.63, 3.8) is 0 Å². The van der Waals surface area contributed by atoms with Gasteiger partial charge in [0.1, 0.15) is 18.1 Å². The number of carbonyl (C=O) groups is 1. The third-order valence-electron chi connectivity index (χ3n) is 2.02. The SMILES string of the molecule is O=C(O)C1C2C=CCC1OO2. The minimum atomic E-state index is -0.846. The number of carboxylic acid groups (broad SMARTS) is 1. The Morgan fingerprint density at radius 2 is 2.36 bits per heavy atom. The highest BCUT2D eigenvalue weighted by Crippen LogP contribution is 2.31. The Morgan fingerprint density at radius 1 is 1.55 bits per heavy atom. The Morgan fingerprint density at radius 3 is 2.91 bits per heavy atom. The fourth-order valence-corrected chi connectivity index (χ4v) is 1.45. The lowest BCUT2D eigenvalue weighted by Gasteiger charge is -2.15. The number of fused-ring (bicyclic) bond motifs is 2. The molecular formula is C7H8O4. The van der Waals surface area contributed by atoms with Crippen LogP contribution in [0.4, 0.5) is 0 Å². The molecule has 1 aliphatic carbocycles. The standard InChI is InChI=1S/C7H8O4/c8-7(9)6-4-2-1-3-5(6)11-10-4/h1-2,4-6H,3H2,(H,8,9). The summed E-state index contributed by atoms with van der Waals surface area (Å²) in [6.07, 6.45) is 3.59. The monoisotopic (exact) mass is 156 g/mol. The number of aliphatic carboxylic acids is 1. The van der Waals surface area contributed by atoms with E-state index in [2.05, 4.69) is 0 Å². The molecule has 0 aromatic carbocycles. The van der Waals surface area contributed by atoms with Crippen LogP contribution in [0.25, 0.3) is 0 Å². The molecule has 0 amide bonds. The molecule has 1 fully saturated rings. The summed E-state index contributed by atoms with van der Waals surface area (Å²) in [5.41, 5.74) is 0. The Labute approximate surface area is 63.3 Å². The predicted molar refractivity (Wildman–Crippen MR) is 34.6 cm³/mol. The summed E-state index contributed by atoms with van der Waals surface area (Å²) >= 11 is 0. The van der Waals surface area contributed by atoms with Gasteiger partial charge in [-0.25, -0.2) is 9.78 Å². The Kier molecular flexibility index (Phi) is 1.44. The van der Waals surface area contributed by atoms with Gasteiger partial charge in [0.2, 0.25) is 0 Å². The molecule has 0 spiro atoms. The van der Waals surface area contributed by atoms with Gasteiger partial charge in [0.15, 0.2) is 0 Å². The molecular weight excluding hydrogens is 148 g/mol. The molecule has 1 heterocycles. The number of carboxylic acids is 1. The largest absolute Gasteiger partial charge is 0.481 e. The zero-order valence-electron chi connectivity index (χ0n) is 5.77. The van der Waals surface area contributed by atoms with Crippen LogP contribution < -0.4 is 0 Å². The van der Waals surface area contributed by atoms with Gasteiger partial charge in [-0.15, -0.1) is 0 Å². The highest BCUT2D eigenvalue weighted by atomic mass is 17.2. The van der Waals surface area contributed by atoms with Gasteiger partial charge >= 0.3 is 5.97 Å². The zero-order valence-corrected chi connectivity index (χ0v) is 5.77. The lowest BCUT2D eigenvalue weighted by molar-refractivity contribution is -0.285. The summed E-state index contributed by atoms with van der Waals surface area (Å²) in [4.78, 5) is 20.2. The second kappa shape index (κ2) is 2.32. The Hall–Kier alpha value is -0.870. The molecule has 1 N–H and O–H groups in total. The van der Waals surface area contributed by atoms with E-state index >= 15 is 0 Å². The van der Waals surface area contributed by atoms with E-state index in [4.69, 9.17) is 14.9 Å².